The largest absolute Gasteiger partial charge is 0.396 e. The molecule has 1 aliphatic carbocycles. The van der Waals surface area contributed by atoms with Crippen molar-refractivity contribution in [3.63, 3.8) is 0 Å². The van der Waals surface area contributed by atoms with E-state index in [1.54, 1.807) is 0 Å². The van der Waals surface area contributed by atoms with E-state index in [4.69, 9.17) is 5.11 Å². The Morgan fingerprint density at radius 2 is 1.62 bits per heavy atom. The lowest BCUT2D eigenvalue weighted by Gasteiger charge is -2.36. The van der Waals surface area contributed by atoms with E-state index in [0.29, 0.717) is 12.8 Å². The second-order valence-electron chi connectivity index (χ2n) is 4.01. The number of aliphatic hydroxyl groups is 1. The Morgan fingerprint density at radius 1 is 1.08 bits per heavy atom. The molecule has 1 nitrogen and oxygen atoms in total. The van der Waals surface area contributed by atoms with E-state index in [2.05, 4.69) is 0 Å². The van der Waals surface area contributed by atoms with Gasteiger partial charge in [0.25, 0.3) is 0 Å². The summed E-state index contributed by atoms with van der Waals surface area (Å²) in [5.74, 6) is 0. The predicted molar refractivity (Wildman–Crippen MR) is 43.3 cm³/mol. The van der Waals surface area contributed by atoms with E-state index in [1.807, 2.05) is 0 Å². The maximum absolute atomic E-state index is 12.2. The van der Waals surface area contributed by atoms with Crippen molar-refractivity contribution in [3.05, 3.63) is 0 Å². The normalized spacial score (nSPS) is 23.1. The highest BCUT2D eigenvalue weighted by atomic mass is 19.4. The van der Waals surface area contributed by atoms with Gasteiger partial charge < -0.3 is 5.11 Å². The summed E-state index contributed by atoms with van der Waals surface area (Å²) in [5.41, 5.74) is -0.865. The zero-order chi connectivity index (χ0) is 9.95. The molecule has 0 heterocycles. The summed E-state index contributed by atoms with van der Waals surface area (Å²) in [6.45, 7) is -0.327. The molecular weight excluding hydrogens is 181 g/mol. The van der Waals surface area contributed by atoms with Crippen molar-refractivity contribution < 1.29 is 18.3 Å². The summed E-state index contributed by atoms with van der Waals surface area (Å²) in [4.78, 5) is 0. The maximum Gasteiger partial charge on any atom is 0.389 e. The smallest absolute Gasteiger partial charge is 0.389 e. The molecule has 78 valence electrons. The Balaban J connectivity index is 2.57. The Bertz CT molecular complexity index is 159. The van der Waals surface area contributed by atoms with Crippen LogP contribution in [0, 0.1) is 5.41 Å². The third-order valence-electron chi connectivity index (χ3n) is 2.83. The lowest BCUT2D eigenvalue weighted by atomic mass is 9.72. The molecule has 0 saturated heterocycles. The van der Waals surface area contributed by atoms with Gasteiger partial charge in [0.05, 0.1) is 6.42 Å². The van der Waals surface area contributed by atoms with Crippen LogP contribution in [-0.4, -0.2) is 17.9 Å². The molecule has 1 aliphatic rings. The van der Waals surface area contributed by atoms with Crippen LogP contribution < -0.4 is 0 Å². The van der Waals surface area contributed by atoms with Crippen molar-refractivity contribution in [2.45, 2.75) is 44.7 Å². The van der Waals surface area contributed by atoms with E-state index in [0.717, 1.165) is 19.3 Å². The first-order chi connectivity index (χ1) is 5.97. The summed E-state index contributed by atoms with van der Waals surface area (Å²) in [6.07, 6.45) is -1.30. The maximum atomic E-state index is 12.2. The van der Waals surface area contributed by atoms with Crippen LogP contribution in [0.15, 0.2) is 0 Å². The van der Waals surface area contributed by atoms with Crippen LogP contribution in [0.5, 0.6) is 0 Å². The van der Waals surface area contributed by atoms with Gasteiger partial charge in [-0.2, -0.15) is 13.2 Å². The van der Waals surface area contributed by atoms with Crippen LogP contribution in [0.3, 0.4) is 0 Å². The molecule has 13 heavy (non-hydrogen) atoms. The van der Waals surface area contributed by atoms with Crippen LogP contribution in [-0.2, 0) is 0 Å². The van der Waals surface area contributed by atoms with Gasteiger partial charge >= 0.3 is 6.18 Å². The van der Waals surface area contributed by atoms with Crippen LogP contribution in [0.4, 0.5) is 13.2 Å². The highest BCUT2D eigenvalue weighted by molar-refractivity contribution is 4.84. The number of alkyl halides is 3. The van der Waals surface area contributed by atoms with Crippen LogP contribution >= 0.6 is 0 Å². The number of hydrogen-bond donors (Lipinski definition) is 1. The van der Waals surface area contributed by atoms with E-state index < -0.39 is 18.0 Å². The predicted octanol–water partition coefficient (Wildman–Crippen LogP) is 2.88. The van der Waals surface area contributed by atoms with Crippen molar-refractivity contribution in [1.29, 1.82) is 0 Å². The number of rotatable bonds is 2. The van der Waals surface area contributed by atoms with Gasteiger partial charge in [0.15, 0.2) is 0 Å². The first-order valence-electron chi connectivity index (χ1n) is 4.65. The first kappa shape index (κ1) is 10.8. The molecule has 0 aromatic heterocycles. The van der Waals surface area contributed by atoms with Gasteiger partial charge in [0.2, 0.25) is 0 Å². The summed E-state index contributed by atoms with van der Waals surface area (Å²) in [7, 11) is 0. The minimum absolute atomic E-state index is 0.327. The summed E-state index contributed by atoms with van der Waals surface area (Å²) >= 11 is 0. The Kier molecular flexibility index (Phi) is 3.22. The molecule has 0 aliphatic heterocycles. The van der Waals surface area contributed by atoms with Gasteiger partial charge in [-0.25, -0.2) is 0 Å². The van der Waals surface area contributed by atoms with Gasteiger partial charge in [0, 0.05) is 12.0 Å². The molecule has 1 saturated carbocycles. The molecule has 1 rings (SSSR count). The standard InChI is InChI=1S/C9H15F3O/c10-9(11,12)6-8(7-13)4-2-1-3-5-8/h13H,1-7H2. The van der Waals surface area contributed by atoms with Gasteiger partial charge in [-0.05, 0) is 12.8 Å². The molecule has 0 unspecified atom stereocenters. The molecular formula is C9H15F3O. The quantitative estimate of drug-likeness (QED) is 0.720. The molecule has 0 aromatic rings. The minimum atomic E-state index is -4.14. The molecule has 4 heteroatoms. The summed E-state index contributed by atoms with van der Waals surface area (Å²) in [5, 5.41) is 9.00. The molecule has 0 spiro atoms. The van der Waals surface area contributed by atoms with Crippen molar-refractivity contribution in [3.8, 4) is 0 Å². The lowest BCUT2D eigenvalue weighted by Crippen LogP contribution is -2.33. The third-order valence-corrected chi connectivity index (χ3v) is 2.83. The SMILES string of the molecule is OCC1(CC(F)(F)F)CCCCC1. The minimum Gasteiger partial charge on any atom is -0.396 e. The Morgan fingerprint density at radius 3 is 2.00 bits per heavy atom. The van der Waals surface area contributed by atoms with Gasteiger partial charge in [-0.3, -0.25) is 0 Å². The Hall–Kier alpha value is -0.250. The summed E-state index contributed by atoms with van der Waals surface area (Å²) < 4.78 is 36.5. The fraction of sp³-hybridized carbons (Fsp3) is 1.00. The molecule has 0 atom stereocenters. The van der Waals surface area contributed by atoms with Gasteiger partial charge in [-0.1, -0.05) is 19.3 Å². The molecule has 0 aromatic carbocycles. The van der Waals surface area contributed by atoms with Crippen molar-refractivity contribution >= 4 is 0 Å². The monoisotopic (exact) mass is 196 g/mol. The molecule has 1 fully saturated rings. The lowest BCUT2D eigenvalue weighted by molar-refractivity contribution is -0.168. The van der Waals surface area contributed by atoms with E-state index >= 15 is 0 Å². The van der Waals surface area contributed by atoms with Crippen LogP contribution in [0.25, 0.3) is 0 Å². The number of halogens is 3. The van der Waals surface area contributed by atoms with Crippen molar-refractivity contribution in [1.82, 2.24) is 0 Å². The van der Waals surface area contributed by atoms with Crippen molar-refractivity contribution in [2.24, 2.45) is 5.41 Å². The third kappa shape index (κ3) is 3.18. The molecule has 0 bridgehead atoms. The highest BCUT2D eigenvalue weighted by Gasteiger charge is 2.42. The molecule has 1 N–H and O–H groups in total. The fourth-order valence-electron chi connectivity index (χ4n) is 2.12. The Labute approximate surface area is 75.9 Å². The van der Waals surface area contributed by atoms with E-state index in [9.17, 15) is 13.2 Å². The highest BCUT2D eigenvalue weighted by Crippen LogP contribution is 2.43. The zero-order valence-electron chi connectivity index (χ0n) is 7.53. The fourth-order valence-corrected chi connectivity index (χ4v) is 2.12. The second-order valence-corrected chi connectivity index (χ2v) is 4.01. The first-order valence-corrected chi connectivity index (χ1v) is 4.65. The average molecular weight is 196 g/mol. The van der Waals surface area contributed by atoms with Crippen LogP contribution in [0.1, 0.15) is 38.5 Å². The average Bonchev–Trinajstić information content (AvgIpc) is 2.03. The van der Waals surface area contributed by atoms with Crippen LogP contribution in [0.2, 0.25) is 0 Å². The van der Waals surface area contributed by atoms with Gasteiger partial charge in [-0.15, -0.1) is 0 Å². The molecule has 0 amide bonds. The van der Waals surface area contributed by atoms with E-state index in [-0.39, 0.29) is 6.61 Å². The van der Waals surface area contributed by atoms with Crippen molar-refractivity contribution in [2.75, 3.05) is 6.61 Å². The van der Waals surface area contributed by atoms with Gasteiger partial charge in [0.1, 0.15) is 0 Å². The number of aliphatic hydroxyl groups excluding tert-OH is 1. The number of hydrogen-bond acceptors (Lipinski definition) is 1. The summed E-state index contributed by atoms with van der Waals surface area (Å²) in [6, 6.07) is 0. The molecule has 0 radical (unpaired) electrons. The van der Waals surface area contributed by atoms with E-state index in [1.165, 1.54) is 0 Å². The second kappa shape index (κ2) is 3.86. The topological polar surface area (TPSA) is 20.2 Å². The zero-order valence-corrected chi connectivity index (χ0v) is 7.53.